The van der Waals surface area contributed by atoms with Gasteiger partial charge in [0.05, 0.1) is 7.11 Å². The number of amides is 1. The monoisotopic (exact) mass is 463 g/mol. The van der Waals surface area contributed by atoms with Crippen LogP contribution in [0.4, 0.5) is 14.9 Å². The Balaban J connectivity index is 1.65. The van der Waals surface area contributed by atoms with Gasteiger partial charge in [-0.15, -0.1) is 4.68 Å². The second-order valence-electron chi connectivity index (χ2n) is 7.32. The van der Waals surface area contributed by atoms with E-state index < -0.39 is 17.5 Å². The van der Waals surface area contributed by atoms with Gasteiger partial charge in [-0.25, -0.2) is 14.0 Å². The summed E-state index contributed by atoms with van der Waals surface area (Å²) >= 11 is 0. The minimum atomic E-state index is -0.931. The maximum Gasteiger partial charge on any atom is 0.377 e. The molecule has 1 amide bonds. The van der Waals surface area contributed by atoms with Crippen molar-refractivity contribution in [1.82, 2.24) is 19.8 Å². The second-order valence-corrected chi connectivity index (χ2v) is 7.32. The van der Waals surface area contributed by atoms with Crippen molar-refractivity contribution in [3.05, 3.63) is 88.6 Å². The summed E-state index contributed by atoms with van der Waals surface area (Å²) in [6.45, 7) is 3.94. The molecule has 0 aliphatic heterocycles. The molecule has 174 valence electrons. The Kier molecular flexibility index (Phi) is 6.39. The van der Waals surface area contributed by atoms with Gasteiger partial charge in [-0.3, -0.25) is 4.90 Å². The van der Waals surface area contributed by atoms with E-state index in [1.54, 1.807) is 31.2 Å². The number of carbonyl (C=O) groups excluding carboxylic acids is 1. The number of methoxy groups -OCH3 is 1. The van der Waals surface area contributed by atoms with Crippen molar-refractivity contribution in [1.29, 1.82) is 0 Å². The van der Waals surface area contributed by atoms with E-state index in [0.29, 0.717) is 26.6 Å². The van der Waals surface area contributed by atoms with Crippen LogP contribution in [0.3, 0.4) is 0 Å². The predicted octanol–water partition coefficient (Wildman–Crippen LogP) is 4.17. The lowest BCUT2D eigenvalue weighted by Gasteiger charge is -2.20. The van der Waals surface area contributed by atoms with E-state index in [1.165, 1.54) is 24.1 Å². The first-order chi connectivity index (χ1) is 16.4. The van der Waals surface area contributed by atoms with Gasteiger partial charge in [0, 0.05) is 18.3 Å². The number of halogens is 1. The number of aromatic nitrogens is 4. The molecule has 0 spiro atoms. The molecule has 0 radical (unpaired) electrons. The number of para-hydroxylation sites is 1. The zero-order valence-electron chi connectivity index (χ0n) is 18.8. The average molecular weight is 463 g/mol. The van der Waals surface area contributed by atoms with E-state index in [9.17, 15) is 14.0 Å². The molecule has 0 unspecified atom stereocenters. The van der Waals surface area contributed by atoms with Crippen LogP contribution in [-0.2, 0) is 0 Å². The van der Waals surface area contributed by atoms with Gasteiger partial charge in [-0.2, -0.15) is 4.68 Å². The summed E-state index contributed by atoms with van der Waals surface area (Å²) in [6.07, 6.45) is 0. The normalized spacial score (nSPS) is 10.7. The maximum absolute atomic E-state index is 14.4. The number of ether oxygens (including phenoxy) is 2. The molecule has 4 rings (SSSR count). The molecule has 0 atom stereocenters. The smallest absolute Gasteiger partial charge is 0.377 e. The molecule has 0 saturated heterocycles. The molecule has 3 aromatic carbocycles. The first kappa shape index (κ1) is 22.7. The third-order valence-electron chi connectivity index (χ3n) is 5.05. The highest BCUT2D eigenvalue weighted by Gasteiger charge is 2.24. The van der Waals surface area contributed by atoms with Crippen molar-refractivity contribution in [2.45, 2.75) is 13.8 Å². The molecule has 0 bridgehead atoms. The Bertz CT molecular complexity index is 1400. The van der Waals surface area contributed by atoms with Gasteiger partial charge in [0.2, 0.25) is 0 Å². The molecule has 0 fully saturated rings. The summed E-state index contributed by atoms with van der Waals surface area (Å²) in [7, 11) is 1.34. The van der Waals surface area contributed by atoms with Gasteiger partial charge in [-0.1, -0.05) is 24.3 Å². The molecule has 0 aliphatic carbocycles. The fraction of sp³-hybridized carbons (Fsp3) is 0.167. The van der Waals surface area contributed by atoms with Crippen molar-refractivity contribution < 1.29 is 18.7 Å². The van der Waals surface area contributed by atoms with Gasteiger partial charge in [0.1, 0.15) is 22.9 Å². The number of hydrogen-bond donors (Lipinski definition) is 0. The van der Waals surface area contributed by atoms with E-state index in [0.717, 1.165) is 11.6 Å². The largest absolute Gasteiger partial charge is 0.494 e. The summed E-state index contributed by atoms with van der Waals surface area (Å²) in [5, 5.41) is 7.37. The number of benzene rings is 3. The first-order valence-corrected chi connectivity index (χ1v) is 10.5. The lowest BCUT2D eigenvalue weighted by molar-refractivity contribution is 0.244. The zero-order valence-corrected chi connectivity index (χ0v) is 18.8. The lowest BCUT2D eigenvalue weighted by Crippen LogP contribution is -2.41. The number of aryl methyl sites for hydroxylation is 1. The maximum atomic E-state index is 14.4. The van der Waals surface area contributed by atoms with Crippen LogP contribution in [-0.4, -0.2) is 39.5 Å². The Morgan fingerprint density at radius 2 is 1.74 bits per heavy atom. The van der Waals surface area contributed by atoms with Gasteiger partial charge >= 0.3 is 11.7 Å². The molecule has 0 N–H and O–H groups in total. The fourth-order valence-electron chi connectivity index (χ4n) is 3.44. The average Bonchev–Trinajstić information content (AvgIpc) is 3.20. The lowest BCUT2D eigenvalue weighted by atomic mass is 10.2. The molecule has 34 heavy (non-hydrogen) atoms. The third kappa shape index (κ3) is 4.38. The van der Waals surface area contributed by atoms with Crippen molar-refractivity contribution in [3.63, 3.8) is 0 Å². The first-order valence-electron chi connectivity index (χ1n) is 10.5. The Hall–Kier alpha value is -4.47. The van der Waals surface area contributed by atoms with Crippen molar-refractivity contribution in [3.8, 4) is 22.9 Å². The van der Waals surface area contributed by atoms with Crippen LogP contribution in [0.15, 0.2) is 71.5 Å². The Morgan fingerprint density at radius 1 is 1.03 bits per heavy atom. The van der Waals surface area contributed by atoms with Crippen LogP contribution >= 0.6 is 0 Å². The highest BCUT2D eigenvalue weighted by molar-refractivity contribution is 5.93. The molecule has 9 nitrogen and oxygen atoms in total. The molecule has 10 heteroatoms. The minimum Gasteiger partial charge on any atom is -0.494 e. The van der Waals surface area contributed by atoms with E-state index in [4.69, 9.17) is 9.47 Å². The molecule has 1 heterocycles. The highest BCUT2D eigenvalue weighted by Crippen LogP contribution is 2.27. The van der Waals surface area contributed by atoms with Gasteiger partial charge in [0.15, 0.2) is 5.82 Å². The van der Waals surface area contributed by atoms with Crippen molar-refractivity contribution in [2.24, 2.45) is 0 Å². The topological polar surface area (TPSA) is 91.5 Å². The quantitative estimate of drug-likeness (QED) is 0.399. The van der Waals surface area contributed by atoms with E-state index >= 15 is 0 Å². The van der Waals surface area contributed by atoms with Gasteiger partial charge in [0.25, 0.3) is 0 Å². The molecular weight excluding hydrogens is 441 g/mol. The summed E-state index contributed by atoms with van der Waals surface area (Å²) in [5.41, 5.74) is 0.375. The molecule has 0 saturated carbocycles. The van der Waals surface area contributed by atoms with Crippen LogP contribution < -0.4 is 20.1 Å². The number of carbonyl (C=O) groups is 1. The fourth-order valence-corrected chi connectivity index (χ4v) is 3.44. The molecule has 4 aromatic rings. The number of tetrazole rings is 1. The summed E-state index contributed by atoms with van der Waals surface area (Å²) in [5.74, 6) is 0.509. The minimum absolute atomic E-state index is 0.0787. The van der Waals surface area contributed by atoms with Crippen molar-refractivity contribution in [2.75, 3.05) is 18.6 Å². The number of nitrogens with zero attached hydrogens (tertiary/aromatic N) is 5. The van der Waals surface area contributed by atoms with Gasteiger partial charge < -0.3 is 9.47 Å². The third-order valence-corrected chi connectivity index (χ3v) is 5.05. The summed E-state index contributed by atoms with van der Waals surface area (Å²) in [4.78, 5) is 27.5. The summed E-state index contributed by atoms with van der Waals surface area (Å²) in [6, 6.07) is 17.8. The van der Waals surface area contributed by atoms with Crippen LogP contribution in [0.25, 0.3) is 5.69 Å². The highest BCUT2D eigenvalue weighted by atomic mass is 19.1. The molecule has 1 aromatic heterocycles. The SMILES string of the molecule is CCN(C(=O)n1nnn(-c2c(F)cccc2OC)c1=O)c1cccc(Oc2cccc(C)c2)c1. The van der Waals surface area contributed by atoms with Gasteiger partial charge in [-0.05, 0) is 66.2 Å². The van der Waals surface area contributed by atoms with E-state index in [1.807, 2.05) is 31.2 Å². The predicted molar refractivity (Wildman–Crippen MR) is 124 cm³/mol. The summed E-state index contributed by atoms with van der Waals surface area (Å²) < 4.78 is 26.7. The van der Waals surface area contributed by atoms with E-state index in [-0.39, 0.29) is 18.0 Å². The molecule has 0 aliphatic rings. The Labute approximate surface area is 194 Å². The van der Waals surface area contributed by atoms with E-state index in [2.05, 4.69) is 10.4 Å². The number of hydrogen-bond acceptors (Lipinski definition) is 6. The van der Waals surface area contributed by atoms with Crippen LogP contribution in [0.2, 0.25) is 0 Å². The Morgan fingerprint density at radius 3 is 2.44 bits per heavy atom. The molecular formula is C24H22FN5O4. The standard InChI is InChI=1S/C24H22FN5O4/c1-4-28(17-9-6-11-19(15-17)34-18-10-5-8-16(2)14-18)23(31)30-24(32)29(26-27-30)22-20(25)12-7-13-21(22)33-3/h5-15H,4H2,1-3H3. The van der Waals surface area contributed by atoms with Crippen molar-refractivity contribution >= 4 is 11.7 Å². The zero-order chi connectivity index (χ0) is 24.2. The number of rotatable bonds is 6. The van der Waals surface area contributed by atoms with Crippen LogP contribution in [0, 0.1) is 12.7 Å². The van der Waals surface area contributed by atoms with Crippen LogP contribution in [0.1, 0.15) is 12.5 Å². The van der Waals surface area contributed by atoms with Crippen LogP contribution in [0.5, 0.6) is 17.2 Å². The second kappa shape index (κ2) is 9.57. The number of anilines is 1.